The molecule has 0 saturated carbocycles. The molecular formula is C30H26F4O6. The summed E-state index contributed by atoms with van der Waals surface area (Å²) in [4.78, 5) is 22.3. The lowest BCUT2D eigenvalue weighted by molar-refractivity contribution is -0.188. The molecule has 0 heterocycles. The van der Waals surface area contributed by atoms with Gasteiger partial charge in [-0.2, -0.15) is 17.6 Å². The Bertz CT molecular complexity index is 1350. The zero-order valence-electron chi connectivity index (χ0n) is 21.5. The summed E-state index contributed by atoms with van der Waals surface area (Å²) in [5, 5.41) is 0. The van der Waals surface area contributed by atoms with Gasteiger partial charge in [-0.25, -0.2) is 9.59 Å². The van der Waals surface area contributed by atoms with Crippen LogP contribution in [-0.2, 0) is 50.9 Å². The summed E-state index contributed by atoms with van der Waals surface area (Å²) >= 11 is 0. The van der Waals surface area contributed by atoms with Crippen molar-refractivity contribution in [3.63, 3.8) is 0 Å². The van der Waals surface area contributed by atoms with Crippen molar-refractivity contribution in [3.05, 3.63) is 120 Å². The molecule has 210 valence electrons. The SMILES string of the molecule is C=CC(=O)OCc1ccc(C(F)(F)Oc2ccc(OC(F)(F)c3ccc(COC(=O)C=C)cc3)c(CC)c2)cc1. The first-order valence-electron chi connectivity index (χ1n) is 12.0. The first-order chi connectivity index (χ1) is 19.0. The second-order valence-corrected chi connectivity index (χ2v) is 8.38. The van der Waals surface area contributed by atoms with E-state index in [0.29, 0.717) is 11.1 Å². The molecule has 0 aromatic heterocycles. The highest BCUT2D eigenvalue weighted by Gasteiger charge is 2.37. The number of alkyl halides is 4. The monoisotopic (exact) mass is 558 g/mol. The van der Waals surface area contributed by atoms with Crippen molar-refractivity contribution in [2.24, 2.45) is 0 Å². The Morgan fingerprint density at radius 2 is 1.18 bits per heavy atom. The van der Waals surface area contributed by atoms with E-state index in [1.54, 1.807) is 6.92 Å². The van der Waals surface area contributed by atoms with E-state index >= 15 is 0 Å². The Hall–Kier alpha value is -4.60. The third-order valence-corrected chi connectivity index (χ3v) is 5.57. The van der Waals surface area contributed by atoms with Gasteiger partial charge in [-0.1, -0.05) is 44.3 Å². The van der Waals surface area contributed by atoms with Crippen LogP contribution in [0.25, 0.3) is 0 Å². The summed E-state index contributed by atoms with van der Waals surface area (Å²) in [6.07, 6.45) is -5.31. The zero-order valence-corrected chi connectivity index (χ0v) is 21.5. The lowest BCUT2D eigenvalue weighted by Gasteiger charge is -2.22. The van der Waals surface area contributed by atoms with Crippen LogP contribution in [0.2, 0.25) is 0 Å². The zero-order chi connectivity index (χ0) is 29.3. The molecule has 3 rings (SSSR count). The molecule has 10 heteroatoms. The van der Waals surface area contributed by atoms with E-state index in [9.17, 15) is 27.2 Å². The number of carbonyl (C=O) groups is 2. The fourth-order valence-corrected chi connectivity index (χ4v) is 3.42. The van der Waals surface area contributed by atoms with Crippen LogP contribution in [0.1, 0.15) is 34.7 Å². The molecule has 0 bridgehead atoms. The predicted octanol–water partition coefficient (Wildman–Crippen LogP) is 6.96. The first kappa shape index (κ1) is 29.9. The molecule has 0 spiro atoms. The van der Waals surface area contributed by atoms with Gasteiger partial charge >= 0.3 is 24.2 Å². The summed E-state index contributed by atoms with van der Waals surface area (Å²) in [6, 6.07) is 13.4. The van der Waals surface area contributed by atoms with Gasteiger partial charge in [0, 0.05) is 12.2 Å². The topological polar surface area (TPSA) is 71.1 Å². The van der Waals surface area contributed by atoms with E-state index in [1.807, 2.05) is 0 Å². The Labute approximate surface area is 228 Å². The molecule has 0 radical (unpaired) electrons. The van der Waals surface area contributed by atoms with Gasteiger partial charge in [0.1, 0.15) is 24.7 Å². The molecule has 3 aromatic rings. The van der Waals surface area contributed by atoms with Crippen LogP contribution >= 0.6 is 0 Å². The van der Waals surface area contributed by atoms with Crippen LogP contribution < -0.4 is 9.47 Å². The second-order valence-electron chi connectivity index (χ2n) is 8.38. The number of ether oxygens (including phenoxy) is 4. The minimum Gasteiger partial charge on any atom is -0.458 e. The average Bonchev–Trinajstić information content (AvgIpc) is 2.95. The van der Waals surface area contributed by atoms with Gasteiger partial charge in [0.05, 0.1) is 11.1 Å². The molecule has 0 N–H and O–H groups in total. The van der Waals surface area contributed by atoms with E-state index in [1.165, 1.54) is 30.3 Å². The highest BCUT2D eigenvalue weighted by molar-refractivity contribution is 5.81. The van der Waals surface area contributed by atoms with Gasteiger partial charge in [0.2, 0.25) is 0 Å². The first-order valence-corrected chi connectivity index (χ1v) is 12.0. The quantitative estimate of drug-likeness (QED) is 0.128. The fourth-order valence-electron chi connectivity index (χ4n) is 3.42. The number of carbonyl (C=O) groups excluding carboxylic acids is 2. The largest absolute Gasteiger partial charge is 0.458 e. The van der Waals surface area contributed by atoms with Gasteiger partial charge in [-0.05, 0) is 65.6 Å². The summed E-state index contributed by atoms with van der Waals surface area (Å²) in [5.41, 5.74) is 0.274. The lowest BCUT2D eigenvalue weighted by atomic mass is 10.1. The van der Waals surface area contributed by atoms with E-state index in [0.717, 1.165) is 48.6 Å². The van der Waals surface area contributed by atoms with Gasteiger partial charge < -0.3 is 18.9 Å². The average molecular weight is 559 g/mol. The van der Waals surface area contributed by atoms with Crippen molar-refractivity contribution < 1.29 is 46.1 Å². The number of hydrogen-bond donors (Lipinski definition) is 0. The maximum absolute atomic E-state index is 14.9. The molecule has 0 aliphatic heterocycles. The van der Waals surface area contributed by atoms with Gasteiger partial charge in [0.25, 0.3) is 0 Å². The van der Waals surface area contributed by atoms with Crippen molar-refractivity contribution in [1.29, 1.82) is 0 Å². The van der Waals surface area contributed by atoms with Crippen LogP contribution in [-0.4, -0.2) is 11.9 Å². The maximum Gasteiger partial charge on any atom is 0.426 e. The van der Waals surface area contributed by atoms with Crippen molar-refractivity contribution in [2.45, 2.75) is 38.8 Å². The molecule has 40 heavy (non-hydrogen) atoms. The smallest absolute Gasteiger partial charge is 0.426 e. The molecule has 6 nitrogen and oxygen atoms in total. The standard InChI is InChI=1S/C30H26F4O6/c1-4-22-17-25(39-29(31,32)23-11-7-20(8-12-23)18-37-27(35)5-2)15-16-26(22)40-30(33,34)24-13-9-21(10-14-24)19-38-28(36)6-3/h5-17H,2-4,18-19H2,1H3. The van der Waals surface area contributed by atoms with E-state index in [2.05, 4.69) is 13.2 Å². The Balaban J connectivity index is 1.69. The van der Waals surface area contributed by atoms with Crippen LogP contribution in [0, 0.1) is 0 Å². The number of rotatable bonds is 13. The number of halogens is 4. The number of hydrogen-bond acceptors (Lipinski definition) is 6. The van der Waals surface area contributed by atoms with E-state index in [-0.39, 0.29) is 36.7 Å². The van der Waals surface area contributed by atoms with Gasteiger partial charge in [-0.15, -0.1) is 0 Å². The molecule has 0 saturated heterocycles. The van der Waals surface area contributed by atoms with Gasteiger partial charge in [-0.3, -0.25) is 0 Å². The summed E-state index contributed by atoms with van der Waals surface area (Å²) in [7, 11) is 0. The molecule has 0 fully saturated rings. The summed E-state index contributed by atoms with van der Waals surface area (Å²) in [5.74, 6) is -1.74. The number of aryl methyl sites for hydroxylation is 1. The van der Waals surface area contributed by atoms with Crippen LogP contribution in [0.5, 0.6) is 11.5 Å². The minimum absolute atomic E-state index is 0.112. The molecular weight excluding hydrogens is 532 g/mol. The second kappa shape index (κ2) is 13.0. The summed E-state index contributed by atoms with van der Waals surface area (Å²) in [6.45, 7) is 7.98. The van der Waals surface area contributed by atoms with Gasteiger partial charge in [0.15, 0.2) is 0 Å². The minimum atomic E-state index is -3.74. The molecule has 0 aliphatic carbocycles. The Kier molecular flexibility index (Phi) is 9.71. The predicted molar refractivity (Wildman–Crippen MR) is 138 cm³/mol. The third kappa shape index (κ3) is 7.95. The van der Waals surface area contributed by atoms with E-state index in [4.69, 9.17) is 18.9 Å². The third-order valence-electron chi connectivity index (χ3n) is 5.57. The highest BCUT2D eigenvalue weighted by atomic mass is 19.3. The molecule has 0 aliphatic rings. The number of benzene rings is 3. The highest BCUT2D eigenvalue weighted by Crippen LogP contribution is 2.37. The Morgan fingerprint density at radius 3 is 1.60 bits per heavy atom. The maximum atomic E-state index is 14.9. The number of esters is 2. The van der Waals surface area contributed by atoms with Crippen molar-refractivity contribution in [2.75, 3.05) is 0 Å². The van der Waals surface area contributed by atoms with Crippen molar-refractivity contribution >= 4 is 11.9 Å². The van der Waals surface area contributed by atoms with E-state index < -0.39 is 35.3 Å². The normalized spacial score (nSPS) is 11.3. The molecule has 0 unspecified atom stereocenters. The Morgan fingerprint density at radius 1 is 0.725 bits per heavy atom. The summed E-state index contributed by atoms with van der Waals surface area (Å²) < 4.78 is 79.0. The van der Waals surface area contributed by atoms with Crippen LogP contribution in [0.4, 0.5) is 17.6 Å². The van der Waals surface area contributed by atoms with Crippen molar-refractivity contribution in [1.82, 2.24) is 0 Å². The molecule has 0 atom stereocenters. The van der Waals surface area contributed by atoms with Crippen LogP contribution in [0.15, 0.2) is 92.0 Å². The van der Waals surface area contributed by atoms with Crippen LogP contribution in [0.3, 0.4) is 0 Å². The molecule has 0 amide bonds. The lowest BCUT2D eigenvalue weighted by Crippen LogP contribution is -2.23. The van der Waals surface area contributed by atoms with Crippen molar-refractivity contribution in [3.8, 4) is 11.5 Å². The fraction of sp³-hybridized carbons (Fsp3) is 0.200. The molecule has 3 aromatic carbocycles.